The summed E-state index contributed by atoms with van der Waals surface area (Å²) in [5.41, 5.74) is 16.3. The fourth-order valence-electron chi connectivity index (χ4n) is 3.60. The second-order valence-corrected chi connectivity index (χ2v) is 7.40. The molecule has 1 aliphatic rings. The van der Waals surface area contributed by atoms with Gasteiger partial charge in [0.2, 0.25) is 0 Å². The summed E-state index contributed by atoms with van der Waals surface area (Å²) < 4.78 is 5.26. The smallest absolute Gasteiger partial charge is 0.255 e. The molecule has 158 valence electrons. The Morgan fingerprint density at radius 1 is 1.10 bits per heavy atom. The number of carbonyl (C=O) groups is 1. The van der Waals surface area contributed by atoms with Crippen LogP contribution in [0, 0.1) is 0 Å². The Labute approximate surface area is 178 Å². The third-order valence-electron chi connectivity index (χ3n) is 5.15. The highest BCUT2D eigenvalue weighted by Crippen LogP contribution is 2.21. The van der Waals surface area contributed by atoms with E-state index in [1.165, 1.54) is 25.5 Å². The van der Waals surface area contributed by atoms with Gasteiger partial charge in [0, 0.05) is 49.0 Å². The van der Waals surface area contributed by atoms with Crippen LogP contribution in [0.25, 0.3) is 5.57 Å². The topological polar surface area (TPSA) is 93.6 Å². The lowest BCUT2D eigenvalue weighted by atomic mass is 10.0. The normalized spacial score (nSPS) is 15.2. The van der Waals surface area contributed by atoms with Crippen LogP contribution in [0.4, 0.5) is 11.4 Å². The van der Waals surface area contributed by atoms with Gasteiger partial charge < -0.3 is 26.4 Å². The van der Waals surface area contributed by atoms with E-state index in [1.807, 2.05) is 48.5 Å². The van der Waals surface area contributed by atoms with Crippen molar-refractivity contribution in [3.63, 3.8) is 0 Å². The number of anilines is 2. The van der Waals surface area contributed by atoms with Gasteiger partial charge in [0.15, 0.2) is 0 Å². The molecule has 1 amide bonds. The molecule has 5 N–H and O–H groups in total. The van der Waals surface area contributed by atoms with Crippen molar-refractivity contribution in [3.05, 3.63) is 77.6 Å². The Balaban J connectivity index is 1.73. The maximum Gasteiger partial charge on any atom is 0.255 e. The van der Waals surface area contributed by atoms with E-state index in [4.69, 9.17) is 16.2 Å². The number of allylic oxidation sites excluding steroid dienone is 2. The van der Waals surface area contributed by atoms with Crippen molar-refractivity contribution in [1.82, 2.24) is 5.32 Å². The van der Waals surface area contributed by atoms with Gasteiger partial charge in [0.1, 0.15) is 0 Å². The van der Waals surface area contributed by atoms with E-state index in [2.05, 4.69) is 10.2 Å². The molecule has 0 atom stereocenters. The third kappa shape index (κ3) is 5.64. The Bertz CT molecular complexity index is 913. The van der Waals surface area contributed by atoms with Crippen molar-refractivity contribution in [2.75, 3.05) is 37.4 Å². The fourth-order valence-corrected chi connectivity index (χ4v) is 3.60. The molecule has 2 aromatic rings. The standard InChI is InChI=1S/C24H30N4O2/c1-30-17-22(15-20(16-25)19-6-5-7-21(26)14-19)27-24(29)18-8-10-23(11-9-18)28-12-3-2-4-13-28/h5-11,14-16H,2-4,12-13,17,25-26H2,1H3,(H,27,29)/b20-16+,22-15+. The van der Waals surface area contributed by atoms with Gasteiger partial charge in [-0.3, -0.25) is 4.79 Å². The van der Waals surface area contributed by atoms with Crippen molar-refractivity contribution in [2.45, 2.75) is 19.3 Å². The number of carbonyl (C=O) groups excluding carboxylic acids is 1. The minimum absolute atomic E-state index is 0.188. The lowest BCUT2D eigenvalue weighted by Crippen LogP contribution is -2.29. The number of hydrogen-bond donors (Lipinski definition) is 3. The number of nitrogens with two attached hydrogens (primary N) is 2. The molecule has 0 radical (unpaired) electrons. The van der Waals surface area contributed by atoms with E-state index in [0.717, 1.165) is 29.9 Å². The van der Waals surface area contributed by atoms with Crippen LogP contribution < -0.4 is 21.7 Å². The molecule has 0 bridgehead atoms. The molecule has 0 aromatic heterocycles. The van der Waals surface area contributed by atoms with Crippen LogP contribution in [-0.2, 0) is 4.74 Å². The van der Waals surface area contributed by atoms with Crippen LogP contribution in [0.15, 0.2) is 66.5 Å². The highest BCUT2D eigenvalue weighted by molar-refractivity contribution is 5.96. The Morgan fingerprint density at radius 2 is 1.83 bits per heavy atom. The molecule has 6 heteroatoms. The van der Waals surface area contributed by atoms with Crippen LogP contribution in [0.3, 0.4) is 0 Å². The number of nitrogen functional groups attached to an aromatic ring is 1. The second-order valence-electron chi connectivity index (χ2n) is 7.40. The zero-order chi connectivity index (χ0) is 21.3. The van der Waals surface area contributed by atoms with Gasteiger partial charge in [0.05, 0.1) is 6.61 Å². The van der Waals surface area contributed by atoms with Crippen molar-refractivity contribution in [2.24, 2.45) is 5.73 Å². The number of piperidine rings is 1. The monoisotopic (exact) mass is 406 g/mol. The Kier molecular flexibility index (Phi) is 7.51. The van der Waals surface area contributed by atoms with E-state index in [9.17, 15) is 4.79 Å². The van der Waals surface area contributed by atoms with Gasteiger partial charge in [-0.2, -0.15) is 0 Å². The SMILES string of the molecule is COC/C(=C\C(=C/N)c1cccc(N)c1)NC(=O)c1ccc(N2CCCCC2)cc1. The Hall–Kier alpha value is -3.25. The lowest BCUT2D eigenvalue weighted by molar-refractivity contribution is 0.0956. The number of nitrogens with zero attached hydrogens (tertiary/aromatic N) is 1. The molecule has 1 aliphatic heterocycles. The highest BCUT2D eigenvalue weighted by atomic mass is 16.5. The van der Waals surface area contributed by atoms with Gasteiger partial charge in [0.25, 0.3) is 5.91 Å². The first-order valence-electron chi connectivity index (χ1n) is 10.2. The van der Waals surface area contributed by atoms with Gasteiger partial charge in [-0.15, -0.1) is 0 Å². The summed E-state index contributed by atoms with van der Waals surface area (Å²) in [6.07, 6.45) is 7.03. The molecule has 30 heavy (non-hydrogen) atoms. The molecule has 0 spiro atoms. The molecule has 0 unspecified atom stereocenters. The molecule has 0 aliphatic carbocycles. The molecule has 1 heterocycles. The third-order valence-corrected chi connectivity index (χ3v) is 5.15. The molecule has 0 saturated carbocycles. The van der Waals surface area contributed by atoms with Crippen LogP contribution in [0.1, 0.15) is 35.2 Å². The molecule has 6 nitrogen and oxygen atoms in total. The first kappa shape index (κ1) is 21.5. The van der Waals surface area contributed by atoms with Gasteiger partial charge in [-0.05, 0) is 72.9 Å². The van der Waals surface area contributed by atoms with E-state index in [-0.39, 0.29) is 12.5 Å². The van der Waals surface area contributed by atoms with Gasteiger partial charge in [-0.25, -0.2) is 0 Å². The predicted octanol–water partition coefficient (Wildman–Crippen LogP) is 3.52. The largest absolute Gasteiger partial charge is 0.404 e. The number of rotatable bonds is 7. The summed E-state index contributed by atoms with van der Waals surface area (Å²) in [4.78, 5) is 15.2. The number of hydrogen-bond acceptors (Lipinski definition) is 5. The summed E-state index contributed by atoms with van der Waals surface area (Å²) >= 11 is 0. The number of amides is 1. The molecular formula is C24H30N4O2. The zero-order valence-electron chi connectivity index (χ0n) is 17.4. The fraction of sp³-hybridized carbons (Fsp3) is 0.292. The summed E-state index contributed by atoms with van der Waals surface area (Å²) in [5, 5.41) is 2.94. The maximum atomic E-state index is 12.8. The quantitative estimate of drug-likeness (QED) is 0.483. The van der Waals surface area contributed by atoms with E-state index >= 15 is 0 Å². The molecule has 2 aromatic carbocycles. The average molecular weight is 407 g/mol. The van der Waals surface area contributed by atoms with Crippen molar-refractivity contribution >= 4 is 22.9 Å². The summed E-state index contributed by atoms with van der Waals surface area (Å²) in [5.74, 6) is -0.188. The summed E-state index contributed by atoms with van der Waals surface area (Å²) in [6.45, 7) is 2.40. The average Bonchev–Trinajstić information content (AvgIpc) is 2.78. The first-order valence-corrected chi connectivity index (χ1v) is 10.2. The van der Waals surface area contributed by atoms with E-state index in [1.54, 1.807) is 13.2 Å². The molecule has 1 saturated heterocycles. The van der Waals surface area contributed by atoms with Gasteiger partial charge in [-0.1, -0.05) is 12.1 Å². The van der Waals surface area contributed by atoms with Gasteiger partial charge >= 0.3 is 0 Å². The highest BCUT2D eigenvalue weighted by Gasteiger charge is 2.13. The maximum absolute atomic E-state index is 12.8. The Morgan fingerprint density at radius 3 is 2.47 bits per heavy atom. The zero-order valence-corrected chi connectivity index (χ0v) is 17.4. The van der Waals surface area contributed by atoms with Crippen molar-refractivity contribution in [1.29, 1.82) is 0 Å². The summed E-state index contributed by atoms with van der Waals surface area (Å²) in [6, 6.07) is 15.2. The van der Waals surface area contributed by atoms with Crippen molar-refractivity contribution in [3.8, 4) is 0 Å². The summed E-state index contributed by atoms with van der Waals surface area (Å²) in [7, 11) is 1.58. The number of benzene rings is 2. The van der Waals surface area contributed by atoms with Crippen LogP contribution in [0.2, 0.25) is 0 Å². The first-order chi connectivity index (χ1) is 14.6. The number of nitrogens with one attached hydrogen (secondary N) is 1. The second kappa shape index (κ2) is 10.5. The molecule has 3 rings (SSSR count). The molecular weight excluding hydrogens is 376 g/mol. The number of methoxy groups -OCH3 is 1. The predicted molar refractivity (Wildman–Crippen MR) is 123 cm³/mol. The van der Waals surface area contributed by atoms with E-state index in [0.29, 0.717) is 16.9 Å². The number of ether oxygens (including phenoxy) is 1. The lowest BCUT2D eigenvalue weighted by Gasteiger charge is -2.28. The van der Waals surface area contributed by atoms with Crippen molar-refractivity contribution < 1.29 is 9.53 Å². The van der Waals surface area contributed by atoms with Crippen LogP contribution in [0.5, 0.6) is 0 Å². The minimum atomic E-state index is -0.188. The minimum Gasteiger partial charge on any atom is -0.404 e. The van der Waals surface area contributed by atoms with Crippen LogP contribution in [-0.4, -0.2) is 32.7 Å². The van der Waals surface area contributed by atoms with E-state index < -0.39 is 0 Å². The van der Waals surface area contributed by atoms with Crippen LogP contribution >= 0.6 is 0 Å². The molecule has 1 fully saturated rings.